The van der Waals surface area contributed by atoms with Crippen molar-refractivity contribution in [3.63, 3.8) is 0 Å². The summed E-state index contributed by atoms with van der Waals surface area (Å²) >= 11 is 1.83. The molecule has 0 saturated heterocycles. The van der Waals surface area contributed by atoms with Gasteiger partial charge in [-0.05, 0) is 74.5 Å². The predicted molar refractivity (Wildman–Crippen MR) is 158 cm³/mol. The molecule has 4 heteroatoms. The molecule has 188 valence electrons. The molecule has 0 spiro atoms. The zero-order chi connectivity index (χ0) is 26.6. The standard InChI is InChI=1S/C35H21F3S/c36-35(37,38)29-18-16-23(17-19-29)27-15-11-24-10-14-26(20-28(24)21-27)22-8-12-25(13-9-22)30-5-3-6-32-31-4-1-2-7-33(31)39-34(30)32/h1-21H. The molecule has 0 atom stereocenters. The van der Waals surface area contributed by atoms with Gasteiger partial charge >= 0.3 is 6.18 Å². The van der Waals surface area contributed by atoms with E-state index >= 15 is 0 Å². The number of fused-ring (bicyclic) bond motifs is 4. The van der Waals surface area contributed by atoms with Crippen LogP contribution in [-0.4, -0.2) is 0 Å². The zero-order valence-electron chi connectivity index (χ0n) is 20.7. The highest BCUT2D eigenvalue weighted by Gasteiger charge is 2.30. The third-order valence-electron chi connectivity index (χ3n) is 7.32. The first-order valence-electron chi connectivity index (χ1n) is 12.7. The van der Waals surface area contributed by atoms with Crippen LogP contribution in [-0.2, 0) is 6.18 Å². The maximum atomic E-state index is 13.0. The van der Waals surface area contributed by atoms with E-state index < -0.39 is 11.7 Å². The second-order valence-electron chi connectivity index (χ2n) is 9.71. The highest BCUT2D eigenvalue weighted by molar-refractivity contribution is 7.26. The number of hydrogen-bond donors (Lipinski definition) is 0. The first-order chi connectivity index (χ1) is 18.9. The lowest BCUT2D eigenvalue weighted by molar-refractivity contribution is -0.137. The molecule has 0 N–H and O–H groups in total. The SMILES string of the molecule is FC(F)(F)c1ccc(-c2ccc3ccc(-c4ccc(-c5cccc6c5sc5ccccc56)cc4)cc3c2)cc1. The molecule has 0 amide bonds. The molecule has 6 aromatic carbocycles. The summed E-state index contributed by atoms with van der Waals surface area (Å²) in [7, 11) is 0. The molecule has 0 aliphatic heterocycles. The predicted octanol–water partition coefficient (Wildman–Crippen LogP) is 11.2. The molecule has 7 rings (SSSR count). The quantitative estimate of drug-likeness (QED) is 0.213. The smallest absolute Gasteiger partial charge is 0.166 e. The fraction of sp³-hybridized carbons (Fsp3) is 0.0286. The van der Waals surface area contributed by atoms with Crippen LogP contribution in [0.2, 0.25) is 0 Å². The molecular formula is C35H21F3S. The molecule has 0 radical (unpaired) electrons. The summed E-state index contributed by atoms with van der Waals surface area (Å²) in [5.41, 5.74) is 5.64. The normalized spacial score (nSPS) is 12.0. The van der Waals surface area contributed by atoms with Crippen molar-refractivity contribution in [2.75, 3.05) is 0 Å². The van der Waals surface area contributed by atoms with E-state index in [1.165, 1.54) is 43.4 Å². The van der Waals surface area contributed by atoms with E-state index in [0.717, 1.165) is 45.2 Å². The van der Waals surface area contributed by atoms with Gasteiger partial charge in [0.15, 0.2) is 0 Å². The number of hydrogen-bond acceptors (Lipinski definition) is 1. The van der Waals surface area contributed by atoms with Crippen molar-refractivity contribution in [1.29, 1.82) is 0 Å². The van der Waals surface area contributed by atoms with Crippen LogP contribution in [0.3, 0.4) is 0 Å². The first-order valence-corrected chi connectivity index (χ1v) is 13.5. The van der Waals surface area contributed by atoms with Gasteiger partial charge in [-0.25, -0.2) is 0 Å². The molecule has 1 heterocycles. The van der Waals surface area contributed by atoms with Gasteiger partial charge in [0.1, 0.15) is 0 Å². The summed E-state index contributed by atoms with van der Waals surface area (Å²) < 4.78 is 41.5. The van der Waals surface area contributed by atoms with Gasteiger partial charge in [-0.15, -0.1) is 11.3 Å². The van der Waals surface area contributed by atoms with Gasteiger partial charge in [0.05, 0.1) is 5.56 Å². The molecule has 0 saturated carbocycles. The second kappa shape index (κ2) is 9.11. The molecule has 0 aliphatic carbocycles. The van der Waals surface area contributed by atoms with Crippen LogP contribution < -0.4 is 0 Å². The Bertz CT molecular complexity index is 1980. The lowest BCUT2D eigenvalue weighted by atomic mass is 9.96. The Labute approximate surface area is 227 Å². The number of thiophene rings is 1. The van der Waals surface area contributed by atoms with Crippen LogP contribution >= 0.6 is 11.3 Å². The van der Waals surface area contributed by atoms with Crippen LogP contribution in [0.1, 0.15) is 5.56 Å². The summed E-state index contributed by atoms with van der Waals surface area (Å²) in [5, 5.41) is 4.71. The summed E-state index contributed by atoms with van der Waals surface area (Å²) in [5.74, 6) is 0. The molecule has 1 aromatic heterocycles. The molecular weight excluding hydrogens is 509 g/mol. The Morgan fingerprint density at radius 1 is 0.462 bits per heavy atom. The van der Waals surface area contributed by atoms with Crippen molar-refractivity contribution in [2.24, 2.45) is 0 Å². The fourth-order valence-corrected chi connectivity index (χ4v) is 6.51. The number of rotatable bonds is 3. The van der Waals surface area contributed by atoms with E-state index in [1.807, 2.05) is 29.5 Å². The van der Waals surface area contributed by atoms with Crippen LogP contribution in [0.5, 0.6) is 0 Å². The maximum absolute atomic E-state index is 13.0. The molecule has 39 heavy (non-hydrogen) atoms. The Morgan fingerprint density at radius 2 is 1.03 bits per heavy atom. The van der Waals surface area contributed by atoms with Gasteiger partial charge in [-0.2, -0.15) is 13.2 Å². The van der Waals surface area contributed by atoms with E-state index in [1.54, 1.807) is 0 Å². The van der Waals surface area contributed by atoms with Crippen molar-refractivity contribution in [3.05, 3.63) is 133 Å². The van der Waals surface area contributed by atoms with Crippen LogP contribution in [0.25, 0.3) is 64.3 Å². The minimum Gasteiger partial charge on any atom is -0.166 e. The van der Waals surface area contributed by atoms with E-state index in [4.69, 9.17) is 0 Å². The van der Waals surface area contributed by atoms with Gasteiger partial charge in [0, 0.05) is 20.2 Å². The Morgan fingerprint density at radius 3 is 1.69 bits per heavy atom. The third kappa shape index (κ3) is 4.27. The van der Waals surface area contributed by atoms with Gasteiger partial charge in [0.2, 0.25) is 0 Å². The number of benzene rings is 6. The molecule has 0 aliphatic rings. The summed E-state index contributed by atoms with van der Waals surface area (Å²) in [6.07, 6.45) is -4.34. The van der Waals surface area contributed by atoms with E-state index in [0.29, 0.717) is 0 Å². The van der Waals surface area contributed by atoms with Crippen molar-refractivity contribution >= 4 is 42.3 Å². The maximum Gasteiger partial charge on any atom is 0.416 e. The van der Waals surface area contributed by atoms with Crippen LogP contribution in [0, 0.1) is 0 Å². The highest BCUT2D eigenvalue weighted by atomic mass is 32.1. The van der Waals surface area contributed by atoms with Crippen LogP contribution in [0.4, 0.5) is 13.2 Å². The minimum atomic E-state index is -4.34. The van der Waals surface area contributed by atoms with Gasteiger partial charge < -0.3 is 0 Å². The minimum absolute atomic E-state index is 0.638. The average Bonchev–Trinajstić information content (AvgIpc) is 3.35. The average molecular weight is 531 g/mol. The summed E-state index contributed by atoms with van der Waals surface area (Å²) in [4.78, 5) is 0. The van der Waals surface area contributed by atoms with Gasteiger partial charge in [-0.3, -0.25) is 0 Å². The largest absolute Gasteiger partial charge is 0.416 e. The van der Waals surface area contributed by atoms with Crippen molar-refractivity contribution in [3.8, 4) is 33.4 Å². The lowest BCUT2D eigenvalue weighted by Gasteiger charge is -2.10. The molecule has 0 bridgehead atoms. The number of alkyl halides is 3. The van der Waals surface area contributed by atoms with Crippen molar-refractivity contribution in [1.82, 2.24) is 0 Å². The Balaban J connectivity index is 1.23. The first kappa shape index (κ1) is 23.7. The second-order valence-corrected chi connectivity index (χ2v) is 10.8. The Hall–Kier alpha value is -4.41. The fourth-order valence-electron chi connectivity index (χ4n) is 5.27. The van der Waals surface area contributed by atoms with E-state index in [2.05, 4.69) is 84.9 Å². The van der Waals surface area contributed by atoms with Crippen molar-refractivity contribution < 1.29 is 13.2 Å². The van der Waals surface area contributed by atoms with Gasteiger partial charge in [-0.1, -0.05) is 97.1 Å². The summed E-state index contributed by atoms with van der Waals surface area (Å²) in [6, 6.07) is 41.4. The van der Waals surface area contributed by atoms with E-state index in [-0.39, 0.29) is 0 Å². The third-order valence-corrected chi connectivity index (χ3v) is 8.54. The number of halogens is 3. The summed E-state index contributed by atoms with van der Waals surface area (Å²) in [6.45, 7) is 0. The lowest BCUT2D eigenvalue weighted by Crippen LogP contribution is -2.03. The van der Waals surface area contributed by atoms with Crippen molar-refractivity contribution in [2.45, 2.75) is 6.18 Å². The van der Waals surface area contributed by atoms with E-state index in [9.17, 15) is 13.2 Å². The molecule has 0 unspecified atom stereocenters. The van der Waals surface area contributed by atoms with Crippen LogP contribution in [0.15, 0.2) is 127 Å². The highest BCUT2D eigenvalue weighted by Crippen LogP contribution is 2.40. The molecule has 0 fully saturated rings. The zero-order valence-corrected chi connectivity index (χ0v) is 21.5. The van der Waals surface area contributed by atoms with Gasteiger partial charge in [0.25, 0.3) is 0 Å². The topological polar surface area (TPSA) is 0 Å². The molecule has 0 nitrogen and oxygen atoms in total. The monoisotopic (exact) mass is 530 g/mol. The molecule has 7 aromatic rings. The Kier molecular flexibility index (Phi) is 5.53.